The summed E-state index contributed by atoms with van der Waals surface area (Å²) >= 11 is 0. The summed E-state index contributed by atoms with van der Waals surface area (Å²) in [4.78, 5) is 33.8. The maximum atomic E-state index is 14.2. The Morgan fingerprint density at radius 3 is 2.78 bits per heavy atom. The monoisotopic (exact) mass is 512 g/mol. The van der Waals surface area contributed by atoms with E-state index in [0.29, 0.717) is 28.3 Å². The average molecular weight is 513 g/mol. The molecule has 1 N–H and O–H groups in total. The highest BCUT2D eigenvalue weighted by Crippen LogP contribution is 2.30. The van der Waals surface area contributed by atoms with Crippen molar-refractivity contribution in [3.05, 3.63) is 53.6 Å². The number of ether oxygens (including phenoxy) is 2. The van der Waals surface area contributed by atoms with E-state index in [-0.39, 0.29) is 37.4 Å². The summed E-state index contributed by atoms with van der Waals surface area (Å²) in [6, 6.07) is 5.78. The topological polar surface area (TPSA) is 101 Å². The lowest BCUT2D eigenvalue weighted by molar-refractivity contribution is 0.0270. The summed E-state index contributed by atoms with van der Waals surface area (Å²) in [6.07, 6.45) is 2.28. The number of fused-ring (bicyclic) bond motifs is 2. The van der Waals surface area contributed by atoms with Gasteiger partial charge in [-0.25, -0.2) is 18.7 Å². The fourth-order valence-electron chi connectivity index (χ4n) is 4.08. The molecule has 3 aromatic rings. The molecule has 0 aliphatic carbocycles. The van der Waals surface area contributed by atoms with Gasteiger partial charge < -0.3 is 24.6 Å². The normalized spacial score (nSPS) is 18.2. The van der Waals surface area contributed by atoms with Crippen molar-refractivity contribution in [2.45, 2.75) is 52.4 Å². The minimum absolute atomic E-state index is 0.219. The first-order chi connectivity index (χ1) is 17.4. The molecule has 2 amide bonds. The van der Waals surface area contributed by atoms with E-state index in [1.54, 1.807) is 51.0 Å². The summed E-state index contributed by atoms with van der Waals surface area (Å²) in [5.74, 6) is 0.347. The molecule has 10 nitrogen and oxygen atoms in total. The highest BCUT2D eigenvalue weighted by atomic mass is 19.1. The number of halogens is 1. The molecule has 198 valence electrons. The summed E-state index contributed by atoms with van der Waals surface area (Å²) in [7, 11) is 1.63. The Morgan fingerprint density at radius 1 is 1.30 bits per heavy atom. The van der Waals surface area contributed by atoms with Crippen LogP contribution in [0.4, 0.5) is 15.0 Å². The zero-order valence-corrected chi connectivity index (χ0v) is 22.0. The molecule has 4 rings (SSSR count). The average Bonchev–Trinajstić information content (AvgIpc) is 3.23. The number of hydrogen-bond acceptors (Lipinski definition) is 7. The van der Waals surface area contributed by atoms with Crippen LogP contribution in [-0.4, -0.2) is 74.8 Å². The Labute approximate surface area is 215 Å². The maximum absolute atomic E-state index is 14.2. The zero-order chi connectivity index (χ0) is 26.9. The third-order valence-corrected chi connectivity index (χ3v) is 5.91. The second kappa shape index (κ2) is 10.2. The van der Waals surface area contributed by atoms with Crippen molar-refractivity contribution >= 4 is 23.5 Å². The lowest BCUT2D eigenvalue weighted by Gasteiger charge is -2.29. The molecule has 0 spiro atoms. The first-order valence-corrected chi connectivity index (χ1v) is 12.2. The minimum atomic E-state index is -0.631. The third kappa shape index (κ3) is 6.10. The van der Waals surface area contributed by atoms with E-state index in [4.69, 9.17) is 9.47 Å². The second-order valence-electron chi connectivity index (χ2n) is 10.3. The summed E-state index contributed by atoms with van der Waals surface area (Å²) < 4.78 is 27.3. The number of benzene rings is 1. The fourth-order valence-corrected chi connectivity index (χ4v) is 4.08. The van der Waals surface area contributed by atoms with Crippen molar-refractivity contribution in [1.29, 1.82) is 0 Å². The first kappa shape index (κ1) is 26.2. The van der Waals surface area contributed by atoms with Gasteiger partial charge in [0.1, 0.15) is 34.7 Å². The van der Waals surface area contributed by atoms with Crippen molar-refractivity contribution in [2.75, 3.05) is 32.0 Å². The van der Waals surface area contributed by atoms with Gasteiger partial charge in [-0.3, -0.25) is 4.79 Å². The van der Waals surface area contributed by atoms with Gasteiger partial charge in [-0.1, -0.05) is 0 Å². The molecule has 1 aromatic carbocycles. The Hall–Kier alpha value is -3.89. The van der Waals surface area contributed by atoms with Crippen LogP contribution < -0.4 is 10.1 Å². The van der Waals surface area contributed by atoms with Crippen LogP contribution in [-0.2, 0) is 4.74 Å². The molecule has 2 aromatic heterocycles. The molecule has 0 unspecified atom stereocenters. The number of nitrogens with one attached hydrogen (secondary N) is 1. The predicted molar refractivity (Wildman–Crippen MR) is 136 cm³/mol. The maximum Gasteiger partial charge on any atom is 0.410 e. The van der Waals surface area contributed by atoms with Gasteiger partial charge in [0.05, 0.1) is 18.8 Å². The summed E-state index contributed by atoms with van der Waals surface area (Å²) in [5.41, 5.74) is 0.712. The molecule has 3 heterocycles. The highest BCUT2D eigenvalue weighted by Gasteiger charge is 2.27. The molecule has 1 aliphatic rings. The Bertz CT molecular complexity index is 1300. The number of aromatic nitrogens is 3. The van der Waals surface area contributed by atoms with Gasteiger partial charge in [-0.15, -0.1) is 0 Å². The SMILES string of the molecule is C[C@H]1CN(CCN(C)C(=O)OC(C)(C)C)C(=O)c2cnn3ccc(nc23)N[C@H](C)c2cc(F)ccc2O1. The van der Waals surface area contributed by atoms with Crippen molar-refractivity contribution in [2.24, 2.45) is 0 Å². The van der Waals surface area contributed by atoms with E-state index < -0.39 is 17.8 Å². The van der Waals surface area contributed by atoms with E-state index in [2.05, 4.69) is 15.4 Å². The smallest absolute Gasteiger partial charge is 0.410 e. The van der Waals surface area contributed by atoms with Gasteiger partial charge in [0.2, 0.25) is 0 Å². The van der Waals surface area contributed by atoms with E-state index in [0.717, 1.165) is 0 Å². The molecular formula is C26H33FN6O4. The van der Waals surface area contributed by atoms with Gasteiger partial charge in [0.25, 0.3) is 5.91 Å². The van der Waals surface area contributed by atoms with Crippen molar-refractivity contribution in [3.63, 3.8) is 0 Å². The molecule has 37 heavy (non-hydrogen) atoms. The van der Waals surface area contributed by atoms with E-state index in [1.165, 1.54) is 27.7 Å². The number of nitrogens with zero attached hydrogens (tertiary/aromatic N) is 5. The standard InChI is InChI=1S/C26H33FN6O4/c1-16-15-32(12-11-31(6)25(35)37-26(3,4)5)24(34)20-14-28-33-10-9-22(30-23(20)33)29-17(2)19-13-18(27)7-8-21(19)36-16/h7-10,13-14,16-17H,11-12,15H2,1-6H3,(H,29,30)/t16-,17+/m0/s1. The lowest BCUT2D eigenvalue weighted by Crippen LogP contribution is -2.44. The molecular weight excluding hydrogens is 479 g/mol. The van der Waals surface area contributed by atoms with Gasteiger partial charge in [0, 0.05) is 31.9 Å². The molecule has 0 radical (unpaired) electrons. The number of amides is 2. The van der Waals surface area contributed by atoms with E-state index in [9.17, 15) is 14.0 Å². The van der Waals surface area contributed by atoms with Crippen LogP contribution in [0.3, 0.4) is 0 Å². The Balaban J connectivity index is 1.68. The van der Waals surface area contributed by atoms with Crippen LogP contribution in [0.5, 0.6) is 5.75 Å². The van der Waals surface area contributed by atoms with Crippen LogP contribution in [0.1, 0.15) is 56.6 Å². The van der Waals surface area contributed by atoms with Crippen LogP contribution in [0.2, 0.25) is 0 Å². The number of carbonyl (C=O) groups excluding carboxylic acids is 2. The predicted octanol–water partition coefficient (Wildman–Crippen LogP) is 4.13. The number of anilines is 1. The number of likely N-dealkylation sites (N-methyl/N-ethyl adjacent to an activating group) is 1. The number of rotatable bonds is 3. The molecule has 0 saturated carbocycles. The van der Waals surface area contributed by atoms with Crippen molar-refractivity contribution < 1.29 is 23.5 Å². The molecule has 0 fully saturated rings. The molecule has 11 heteroatoms. The van der Waals surface area contributed by atoms with Crippen LogP contribution in [0.15, 0.2) is 36.7 Å². The molecule has 2 atom stereocenters. The third-order valence-electron chi connectivity index (χ3n) is 5.91. The van der Waals surface area contributed by atoms with Gasteiger partial charge in [0.15, 0.2) is 5.65 Å². The number of carbonyl (C=O) groups is 2. The van der Waals surface area contributed by atoms with Gasteiger partial charge in [-0.05, 0) is 58.9 Å². The van der Waals surface area contributed by atoms with E-state index in [1.807, 2.05) is 13.8 Å². The second-order valence-corrected chi connectivity index (χ2v) is 10.3. The Kier molecular flexibility index (Phi) is 7.24. The zero-order valence-electron chi connectivity index (χ0n) is 22.0. The number of hydrogen-bond donors (Lipinski definition) is 1. The first-order valence-electron chi connectivity index (χ1n) is 12.2. The van der Waals surface area contributed by atoms with Gasteiger partial charge >= 0.3 is 6.09 Å². The minimum Gasteiger partial charge on any atom is -0.489 e. The summed E-state index contributed by atoms with van der Waals surface area (Å²) in [5, 5.41) is 7.55. The fraction of sp³-hybridized carbons (Fsp3) is 0.462. The summed E-state index contributed by atoms with van der Waals surface area (Å²) in [6.45, 7) is 9.81. The van der Waals surface area contributed by atoms with Crippen molar-refractivity contribution in [1.82, 2.24) is 24.4 Å². The lowest BCUT2D eigenvalue weighted by atomic mass is 10.1. The molecule has 0 saturated heterocycles. The Morgan fingerprint density at radius 2 is 2.05 bits per heavy atom. The van der Waals surface area contributed by atoms with Crippen molar-refractivity contribution in [3.8, 4) is 5.75 Å². The highest BCUT2D eigenvalue weighted by molar-refractivity contribution is 5.99. The largest absolute Gasteiger partial charge is 0.489 e. The van der Waals surface area contributed by atoms with Crippen LogP contribution >= 0.6 is 0 Å². The molecule has 1 aliphatic heterocycles. The quantitative estimate of drug-likeness (QED) is 0.563. The van der Waals surface area contributed by atoms with Gasteiger partial charge in [-0.2, -0.15) is 5.10 Å². The molecule has 2 bridgehead atoms. The van der Waals surface area contributed by atoms with Crippen LogP contribution in [0.25, 0.3) is 5.65 Å². The van der Waals surface area contributed by atoms with Crippen LogP contribution in [0, 0.1) is 5.82 Å². The van der Waals surface area contributed by atoms with E-state index >= 15 is 0 Å².